The van der Waals surface area contributed by atoms with Crippen LogP contribution in [0.5, 0.6) is 0 Å². The molecule has 0 atom stereocenters. The smallest absolute Gasteiger partial charge is 0.460 e. The van der Waals surface area contributed by atoms with E-state index >= 15 is 0 Å². The third-order valence-corrected chi connectivity index (χ3v) is 3.33. The van der Waals surface area contributed by atoms with Crippen LogP contribution < -0.4 is 0 Å². The normalized spacial score (nSPS) is 14.8. The Bertz CT molecular complexity index is 814. The van der Waals surface area contributed by atoms with Crippen LogP contribution in [0.4, 0.5) is 79.0 Å². The molecule has 0 fully saturated rings. The lowest BCUT2D eigenvalue weighted by molar-refractivity contribution is -0.468. The van der Waals surface area contributed by atoms with Crippen LogP contribution in [-0.4, -0.2) is 73.9 Å². The molecule has 0 bridgehead atoms. The SMILES string of the molecule is FC(F)(F)C(F)(F)C(F)(F)C(F)(F)C(F)(F)C(F)(F)C(F)(F)C(F)(F)F.O=C(O)CN=S(=O)=O. The number of alkyl halides is 18. The van der Waals surface area contributed by atoms with Crippen LogP contribution in [0, 0.1) is 0 Å². The van der Waals surface area contributed by atoms with Gasteiger partial charge in [-0.3, -0.25) is 4.79 Å². The fourth-order valence-electron chi connectivity index (χ4n) is 1.25. The van der Waals surface area contributed by atoms with Gasteiger partial charge in [0.05, 0.1) is 0 Å². The van der Waals surface area contributed by atoms with Crippen molar-refractivity contribution in [2.45, 2.75) is 47.9 Å². The third-order valence-electron chi connectivity index (χ3n) is 2.99. The Morgan fingerprint density at radius 2 is 0.735 bits per heavy atom. The lowest BCUT2D eigenvalue weighted by atomic mass is 9.91. The molecule has 0 aliphatic rings. The van der Waals surface area contributed by atoms with Gasteiger partial charge >= 0.3 is 64.4 Å². The predicted molar refractivity (Wildman–Crippen MR) is 65.6 cm³/mol. The summed E-state index contributed by atoms with van der Waals surface area (Å²) in [4.78, 5) is 9.54. The first kappa shape index (κ1) is 34.0. The fourth-order valence-corrected chi connectivity index (χ4v) is 1.47. The molecule has 24 heteroatoms. The number of aliphatic carboxylic acids is 1. The van der Waals surface area contributed by atoms with E-state index < -0.39 is 70.9 Å². The Morgan fingerprint density at radius 3 is 0.853 bits per heavy atom. The molecule has 0 unspecified atom stereocenters. The van der Waals surface area contributed by atoms with Crippen molar-refractivity contribution in [1.29, 1.82) is 0 Å². The van der Waals surface area contributed by atoms with E-state index in [-0.39, 0.29) is 0 Å². The summed E-state index contributed by atoms with van der Waals surface area (Å²) in [6.07, 6.45) is -15.6. The Hall–Kier alpha value is -2.17. The van der Waals surface area contributed by atoms with Crippen LogP contribution in [0.15, 0.2) is 4.36 Å². The van der Waals surface area contributed by atoms with Gasteiger partial charge in [0.2, 0.25) is 0 Å². The predicted octanol–water partition coefficient (Wildman–Crippen LogP) is 5.06. The van der Waals surface area contributed by atoms with Gasteiger partial charge in [-0.2, -0.15) is 91.8 Å². The molecule has 0 rings (SSSR count). The highest BCUT2D eigenvalue weighted by atomic mass is 32.2. The second kappa shape index (κ2) is 9.47. The van der Waals surface area contributed by atoms with E-state index in [2.05, 4.69) is 4.36 Å². The molecule has 0 radical (unpaired) electrons. The highest BCUT2D eigenvalue weighted by Gasteiger charge is 2.95. The lowest BCUT2D eigenvalue weighted by Gasteiger charge is -2.41. The summed E-state index contributed by atoms with van der Waals surface area (Å²) in [6, 6.07) is 0. The monoisotopic (exact) mass is 575 g/mol. The highest BCUT2D eigenvalue weighted by molar-refractivity contribution is 7.61. The van der Waals surface area contributed by atoms with Crippen molar-refractivity contribution in [1.82, 2.24) is 0 Å². The number of carboxylic acid groups (broad SMARTS) is 1. The van der Waals surface area contributed by atoms with Gasteiger partial charge < -0.3 is 5.11 Å². The standard InChI is InChI=1S/C8F18.C2H3NO4S/c9-1(10,3(13,14)5(17,18)7(21,22)23)2(11,12)4(15,16)6(19,20)8(24,25)26;4-2(5)1-3-8(6)7/h;1H2,(H,4,5). The maximum atomic E-state index is 12.8. The molecule has 0 saturated carbocycles. The van der Waals surface area contributed by atoms with Gasteiger partial charge in [0.25, 0.3) is 0 Å². The van der Waals surface area contributed by atoms with Crippen molar-refractivity contribution in [2.75, 3.05) is 6.54 Å². The first-order valence-electron chi connectivity index (χ1n) is 6.77. The van der Waals surface area contributed by atoms with Gasteiger partial charge in [0.15, 0.2) is 6.54 Å². The van der Waals surface area contributed by atoms with Crippen molar-refractivity contribution in [3.63, 3.8) is 0 Å². The van der Waals surface area contributed by atoms with Gasteiger partial charge in [-0.05, 0) is 0 Å². The number of hydrogen-bond donors (Lipinski definition) is 1. The fraction of sp³-hybridized carbons (Fsp3) is 0.900. The molecular formula is C10H3F18NO4S. The number of nitrogens with zero attached hydrogens (tertiary/aromatic N) is 1. The van der Waals surface area contributed by atoms with E-state index in [0.29, 0.717) is 0 Å². The summed E-state index contributed by atoms with van der Waals surface area (Å²) in [5, 5.41) is 7.80. The quantitative estimate of drug-likeness (QED) is 0.431. The molecule has 0 aliphatic heterocycles. The van der Waals surface area contributed by atoms with Crippen LogP contribution in [0.3, 0.4) is 0 Å². The van der Waals surface area contributed by atoms with Crippen molar-refractivity contribution >= 4 is 16.5 Å². The van der Waals surface area contributed by atoms with E-state index in [1.807, 2.05) is 0 Å². The topological polar surface area (TPSA) is 83.8 Å². The second-order valence-corrected chi connectivity index (χ2v) is 6.03. The number of carbonyl (C=O) groups is 1. The van der Waals surface area contributed by atoms with E-state index in [1.165, 1.54) is 0 Å². The summed E-state index contributed by atoms with van der Waals surface area (Å²) in [6.45, 7) is -0.684. The van der Waals surface area contributed by atoms with E-state index in [9.17, 15) is 92.2 Å². The number of rotatable bonds is 7. The van der Waals surface area contributed by atoms with Crippen LogP contribution in [0.2, 0.25) is 0 Å². The van der Waals surface area contributed by atoms with E-state index in [0.717, 1.165) is 0 Å². The molecule has 0 amide bonds. The van der Waals surface area contributed by atoms with Gasteiger partial charge in [-0.1, -0.05) is 0 Å². The molecule has 204 valence electrons. The highest BCUT2D eigenvalue weighted by Crippen LogP contribution is 2.63. The zero-order valence-electron chi connectivity index (χ0n) is 14.5. The van der Waals surface area contributed by atoms with Crippen molar-refractivity contribution < 1.29 is 97.3 Å². The van der Waals surface area contributed by atoms with Gasteiger partial charge in [0, 0.05) is 0 Å². The maximum absolute atomic E-state index is 12.8. The van der Waals surface area contributed by atoms with Crippen LogP contribution in [0.1, 0.15) is 0 Å². The van der Waals surface area contributed by atoms with E-state index in [4.69, 9.17) is 5.11 Å². The minimum Gasteiger partial charge on any atom is -0.480 e. The van der Waals surface area contributed by atoms with Gasteiger partial charge in [0.1, 0.15) is 0 Å². The molecule has 0 saturated heterocycles. The second-order valence-electron chi connectivity index (χ2n) is 5.34. The molecule has 0 aromatic carbocycles. The molecule has 0 aliphatic carbocycles. The molecular weight excluding hydrogens is 572 g/mol. The Morgan fingerprint density at radius 1 is 0.529 bits per heavy atom. The summed E-state index contributed by atoms with van der Waals surface area (Å²) >= 11 is 0. The Balaban J connectivity index is 0. The Kier molecular flexibility index (Phi) is 9.47. The van der Waals surface area contributed by atoms with E-state index in [1.54, 1.807) is 0 Å². The zero-order valence-corrected chi connectivity index (χ0v) is 15.4. The summed E-state index contributed by atoms with van der Waals surface area (Å²) in [5.41, 5.74) is 0. The number of carboxylic acids is 1. The van der Waals surface area contributed by atoms with Crippen LogP contribution >= 0.6 is 0 Å². The maximum Gasteiger partial charge on any atom is 0.460 e. The molecule has 5 nitrogen and oxygen atoms in total. The van der Waals surface area contributed by atoms with Gasteiger partial charge in [-0.25, -0.2) is 0 Å². The minimum atomic E-state index is -8.72. The average Bonchev–Trinajstić information content (AvgIpc) is 2.57. The van der Waals surface area contributed by atoms with Crippen LogP contribution in [0.25, 0.3) is 0 Å². The largest absolute Gasteiger partial charge is 0.480 e. The minimum absolute atomic E-state index is 0.684. The molecule has 0 spiro atoms. The lowest BCUT2D eigenvalue weighted by Crippen LogP contribution is -2.74. The van der Waals surface area contributed by atoms with Gasteiger partial charge in [-0.15, -0.1) is 0 Å². The molecule has 1 N–H and O–H groups in total. The van der Waals surface area contributed by atoms with Crippen molar-refractivity contribution in [3.05, 3.63) is 0 Å². The summed E-state index contributed by atoms with van der Waals surface area (Å²) < 4.78 is 242. The van der Waals surface area contributed by atoms with Crippen molar-refractivity contribution in [3.8, 4) is 0 Å². The van der Waals surface area contributed by atoms with Crippen LogP contribution in [-0.2, 0) is 15.3 Å². The van der Waals surface area contributed by atoms with Crippen molar-refractivity contribution in [2.24, 2.45) is 4.36 Å². The first-order valence-corrected chi connectivity index (χ1v) is 7.80. The average molecular weight is 575 g/mol. The zero-order chi connectivity index (χ0) is 28.6. The number of halogens is 18. The molecule has 0 heterocycles. The Labute approximate surface area is 174 Å². The summed E-state index contributed by atoms with van der Waals surface area (Å²) in [7, 11) is -2.59. The molecule has 0 aromatic heterocycles. The molecule has 0 aromatic rings. The third kappa shape index (κ3) is 5.72. The number of hydrogen-bond acceptors (Lipinski definition) is 4. The molecule has 34 heavy (non-hydrogen) atoms. The summed E-state index contributed by atoms with van der Waals surface area (Å²) in [5.74, 6) is -52.3. The first-order chi connectivity index (χ1) is 14.4.